The van der Waals surface area contributed by atoms with Crippen molar-refractivity contribution in [1.29, 1.82) is 0 Å². The van der Waals surface area contributed by atoms with Crippen LogP contribution in [0.25, 0.3) is 0 Å². The van der Waals surface area contributed by atoms with Gasteiger partial charge < -0.3 is 5.43 Å². The highest BCUT2D eigenvalue weighted by Gasteiger charge is 1.97. The first-order valence-electron chi connectivity index (χ1n) is 4.74. The Balaban J connectivity index is 0. The molecule has 0 amide bonds. The maximum Gasteiger partial charge on any atom is 0.0545 e. The molecule has 0 saturated carbocycles. The van der Waals surface area contributed by atoms with Gasteiger partial charge >= 0.3 is 0 Å². The number of benzene rings is 1. The van der Waals surface area contributed by atoms with E-state index in [1.165, 1.54) is 16.8 Å². The summed E-state index contributed by atoms with van der Waals surface area (Å²) in [5.74, 6) is 0. The summed E-state index contributed by atoms with van der Waals surface area (Å²) in [5.41, 5.74) is 9.71. The fourth-order valence-corrected chi connectivity index (χ4v) is 1.14. The zero-order valence-corrected chi connectivity index (χ0v) is 9.23. The third kappa shape index (κ3) is 4.28. The van der Waals surface area contributed by atoms with Crippen LogP contribution in [0.1, 0.15) is 32.4 Å². The van der Waals surface area contributed by atoms with E-state index in [-0.39, 0.29) is 7.43 Å². The van der Waals surface area contributed by atoms with E-state index < -0.39 is 0 Å². The number of aryl methyl sites for hydroxylation is 2. The summed E-state index contributed by atoms with van der Waals surface area (Å²) in [6.45, 7) is 8.18. The molecule has 0 spiro atoms. The minimum Gasteiger partial charge on any atom is -0.321 e. The van der Waals surface area contributed by atoms with Crippen LogP contribution < -0.4 is 10.9 Å². The molecule has 0 aliphatic carbocycles. The molecule has 0 saturated heterocycles. The fraction of sp³-hybridized carbons (Fsp3) is 0.500. The van der Waals surface area contributed by atoms with Gasteiger partial charge in [0.2, 0.25) is 0 Å². The molecule has 0 atom stereocenters. The zero-order chi connectivity index (χ0) is 10.3. The molecule has 0 heterocycles. The Morgan fingerprint density at radius 3 is 1.79 bits per heavy atom. The Morgan fingerprint density at radius 1 is 1.00 bits per heavy atom. The third-order valence-corrected chi connectivity index (χ3v) is 1.73. The molecule has 14 heavy (non-hydrogen) atoms. The highest BCUT2D eigenvalue weighted by molar-refractivity contribution is 5.55. The van der Waals surface area contributed by atoms with Crippen LogP contribution in [-0.4, -0.2) is 7.05 Å². The predicted molar refractivity (Wildman–Crippen MR) is 66.7 cm³/mol. The van der Waals surface area contributed by atoms with Crippen molar-refractivity contribution in [2.75, 3.05) is 12.5 Å². The van der Waals surface area contributed by atoms with Crippen LogP contribution in [0, 0.1) is 13.8 Å². The maximum absolute atomic E-state index is 3.09. The first kappa shape index (κ1) is 15.5. The molecular weight excluding hydrogens is 172 g/mol. The lowest BCUT2D eigenvalue weighted by atomic mass is 10.1. The number of nitrogens with one attached hydrogen (secondary N) is 2. The van der Waals surface area contributed by atoms with Crippen LogP contribution in [0.3, 0.4) is 0 Å². The van der Waals surface area contributed by atoms with Gasteiger partial charge in [-0.25, -0.2) is 5.43 Å². The number of rotatable bonds is 2. The topological polar surface area (TPSA) is 24.1 Å². The second kappa shape index (κ2) is 8.57. The number of para-hydroxylation sites is 1. The van der Waals surface area contributed by atoms with Gasteiger partial charge in [-0.05, 0) is 25.0 Å². The average molecular weight is 196 g/mol. The second-order valence-electron chi connectivity index (χ2n) is 2.64. The van der Waals surface area contributed by atoms with Gasteiger partial charge in [-0.3, -0.25) is 0 Å². The lowest BCUT2D eigenvalue weighted by Gasteiger charge is -2.10. The zero-order valence-electron chi connectivity index (χ0n) is 9.23. The van der Waals surface area contributed by atoms with Crippen molar-refractivity contribution in [2.45, 2.75) is 35.1 Å². The summed E-state index contributed by atoms with van der Waals surface area (Å²) in [7, 11) is 1.87. The largest absolute Gasteiger partial charge is 0.321 e. The Hall–Kier alpha value is -1.02. The summed E-state index contributed by atoms with van der Waals surface area (Å²) < 4.78 is 0. The summed E-state index contributed by atoms with van der Waals surface area (Å²) in [5, 5.41) is 0. The van der Waals surface area contributed by atoms with E-state index >= 15 is 0 Å². The third-order valence-electron chi connectivity index (χ3n) is 1.73. The minimum atomic E-state index is 0. The molecule has 0 aliphatic heterocycles. The first-order chi connectivity index (χ1) is 6.25. The van der Waals surface area contributed by atoms with Gasteiger partial charge in [0.15, 0.2) is 0 Å². The Bertz CT molecular complexity index is 224. The number of hydrazine groups is 1. The second-order valence-corrected chi connectivity index (χ2v) is 2.64. The van der Waals surface area contributed by atoms with Crippen molar-refractivity contribution >= 4 is 5.69 Å². The Morgan fingerprint density at radius 2 is 1.43 bits per heavy atom. The highest BCUT2D eigenvalue weighted by Crippen LogP contribution is 2.17. The molecule has 2 nitrogen and oxygen atoms in total. The number of anilines is 1. The average Bonchev–Trinajstić information content (AvgIpc) is 2.15. The van der Waals surface area contributed by atoms with E-state index in [4.69, 9.17) is 0 Å². The molecule has 1 aromatic carbocycles. The van der Waals surface area contributed by atoms with E-state index in [2.05, 4.69) is 42.9 Å². The molecular formula is C12H24N2. The molecule has 1 rings (SSSR count). The highest BCUT2D eigenvalue weighted by atomic mass is 15.3. The lowest BCUT2D eigenvalue weighted by molar-refractivity contribution is 0.975. The van der Waals surface area contributed by atoms with Crippen LogP contribution in [0.15, 0.2) is 18.2 Å². The molecule has 0 aromatic heterocycles. The van der Waals surface area contributed by atoms with E-state index in [9.17, 15) is 0 Å². The number of hydrogen-bond acceptors (Lipinski definition) is 2. The van der Waals surface area contributed by atoms with Gasteiger partial charge in [-0.2, -0.15) is 0 Å². The Kier molecular flexibility index (Phi) is 9.46. The quantitative estimate of drug-likeness (QED) is 0.707. The Labute approximate surface area is 88.7 Å². The van der Waals surface area contributed by atoms with Crippen LogP contribution >= 0.6 is 0 Å². The normalized spacial score (nSPS) is 8.07. The molecule has 0 aliphatic rings. The van der Waals surface area contributed by atoms with Gasteiger partial charge in [0.1, 0.15) is 0 Å². The van der Waals surface area contributed by atoms with E-state index in [0.717, 1.165) is 0 Å². The van der Waals surface area contributed by atoms with Crippen molar-refractivity contribution < 1.29 is 0 Å². The molecule has 2 N–H and O–H groups in total. The van der Waals surface area contributed by atoms with Crippen LogP contribution in [-0.2, 0) is 0 Å². The summed E-state index contributed by atoms with van der Waals surface area (Å²) >= 11 is 0. The lowest BCUT2D eigenvalue weighted by Crippen LogP contribution is -2.16. The van der Waals surface area contributed by atoms with Gasteiger partial charge in [0, 0.05) is 7.05 Å². The fourth-order valence-electron chi connectivity index (χ4n) is 1.14. The predicted octanol–water partition coefficient (Wildman–Crippen LogP) is 3.51. The minimum absolute atomic E-state index is 0. The maximum atomic E-state index is 3.09. The van der Waals surface area contributed by atoms with Gasteiger partial charge in [0.05, 0.1) is 5.69 Å². The van der Waals surface area contributed by atoms with Crippen LogP contribution in [0.4, 0.5) is 5.69 Å². The van der Waals surface area contributed by atoms with E-state index in [1.54, 1.807) is 0 Å². The van der Waals surface area contributed by atoms with Crippen molar-refractivity contribution in [3.05, 3.63) is 29.3 Å². The van der Waals surface area contributed by atoms with Gasteiger partial charge in [-0.1, -0.05) is 39.5 Å². The summed E-state index contributed by atoms with van der Waals surface area (Å²) in [4.78, 5) is 0. The summed E-state index contributed by atoms with van der Waals surface area (Å²) in [6, 6.07) is 6.24. The SMILES string of the molecule is C.CC.CNNc1c(C)cccc1C. The molecule has 1 aromatic rings. The van der Waals surface area contributed by atoms with Gasteiger partial charge in [0.25, 0.3) is 0 Å². The molecule has 0 bridgehead atoms. The monoisotopic (exact) mass is 196 g/mol. The molecule has 82 valence electrons. The van der Waals surface area contributed by atoms with Crippen LogP contribution in [0.2, 0.25) is 0 Å². The van der Waals surface area contributed by atoms with Gasteiger partial charge in [-0.15, -0.1) is 0 Å². The van der Waals surface area contributed by atoms with Crippen molar-refractivity contribution in [1.82, 2.24) is 5.43 Å². The summed E-state index contributed by atoms with van der Waals surface area (Å²) in [6.07, 6.45) is 0. The van der Waals surface area contributed by atoms with E-state index in [1.807, 2.05) is 20.9 Å². The van der Waals surface area contributed by atoms with E-state index in [0.29, 0.717) is 0 Å². The van der Waals surface area contributed by atoms with Crippen molar-refractivity contribution in [3.63, 3.8) is 0 Å². The molecule has 2 heteroatoms. The van der Waals surface area contributed by atoms with Crippen molar-refractivity contribution in [3.8, 4) is 0 Å². The number of hydrogen-bond donors (Lipinski definition) is 2. The van der Waals surface area contributed by atoms with Crippen molar-refractivity contribution in [2.24, 2.45) is 0 Å². The standard InChI is InChI=1S/C9H14N2.C2H6.CH4/c1-7-5-4-6-8(2)9(7)11-10-3;1-2;/h4-6,10-11H,1-3H3;1-2H3;1H4. The van der Waals surface area contributed by atoms with Crippen LogP contribution in [0.5, 0.6) is 0 Å². The molecule has 0 fully saturated rings. The first-order valence-corrected chi connectivity index (χ1v) is 4.74. The molecule has 0 radical (unpaired) electrons. The smallest absolute Gasteiger partial charge is 0.0545 e. The molecule has 0 unspecified atom stereocenters.